The molecular weight excluding hydrogens is 316 g/mol. The molecule has 0 bridgehead atoms. The van der Waals surface area contributed by atoms with Gasteiger partial charge in [0.2, 0.25) is 0 Å². The number of sulfonamides is 1. The maximum absolute atomic E-state index is 12.3. The summed E-state index contributed by atoms with van der Waals surface area (Å²) in [7, 11) is -2.49. The van der Waals surface area contributed by atoms with Crippen molar-refractivity contribution in [2.45, 2.75) is 11.8 Å². The van der Waals surface area contributed by atoms with Crippen molar-refractivity contribution >= 4 is 37.9 Å². The summed E-state index contributed by atoms with van der Waals surface area (Å²) in [5.74, 6) is 0. The molecule has 1 heterocycles. The van der Waals surface area contributed by atoms with Gasteiger partial charge in [-0.05, 0) is 19.1 Å². The number of hydrogen-bond donors (Lipinski definition) is 2. The normalized spacial score (nSPS) is 11.1. The highest BCUT2D eigenvalue weighted by molar-refractivity contribution is 7.93. The highest BCUT2D eigenvalue weighted by Gasteiger charge is 2.27. The van der Waals surface area contributed by atoms with Gasteiger partial charge in [0, 0.05) is 24.2 Å². The van der Waals surface area contributed by atoms with Gasteiger partial charge in [0.1, 0.15) is 0 Å². The molecule has 0 spiro atoms. The molecule has 0 aliphatic carbocycles. The zero-order valence-electron chi connectivity index (χ0n) is 11.2. The molecule has 0 unspecified atom stereocenters. The Morgan fingerprint density at radius 2 is 2.10 bits per heavy atom. The third-order valence-corrected chi connectivity index (χ3v) is 4.97. The Morgan fingerprint density at radius 1 is 1.38 bits per heavy atom. The van der Waals surface area contributed by atoms with Gasteiger partial charge in [-0.15, -0.1) is 11.3 Å². The van der Waals surface area contributed by atoms with Gasteiger partial charge in [-0.3, -0.25) is 14.8 Å². The van der Waals surface area contributed by atoms with Gasteiger partial charge in [-0.1, -0.05) is 0 Å². The molecule has 8 nitrogen and oxygen atoms in total. The van der Waals surface area contributed by atoms with E-state index in [1.807, 2.05) is 0 Å². The first-order valence-corrected chi connectivity index (χ1v) is 8.11. The molecule has 0 fully saturated rings. The van der Waals surface area contributed by atoms with Crippen molar-refractivity contribution in [3.05, 3.63) is 39.4 Å². The van der Waals surface area contributed by atoms with Gasteiger partial charge in [-0.2, -0.15) is 0 Å². The van der Waals surface area contributed by atoms with E-state index in [1.54, 1.807) is 19.4 Å². The molecule has 0 atom stereocenters. The number of nitro groups is 1. The van der Waals surface area contributed by atoms with Gasteiger partial charge < -0.3 is 5.32 Å². The topological polar surface area (TPSA) is 114 Å². The number of nitrogens with zero attached hydrogens (tertiary/aromatic N) is 2. The summed E-state index contributed by atoms with van der Waals surface area (Å²) in [5.41, 5.74) is 0.617. The highest BCUT2D eigenvalue weighted by Crippen LogP contribution is 2.29. The largest absolute Gasteiger partial charge is 0.388 e. The van der Waals surface area contributed by atoms with E-state index in [1.165, 1.54) is 18.2 Å². The smallest absolute Gasteiger partial charge is 0.291 e. The minimum atomic E-state index is -4.07. The van der Waals surface area contributed by atoms with Crippen LogP contribution in [0.25, 0.3) is 0 Å². The maximum Gasteiger partial charge on any atom is 0.291 e. The zero-order valence-corrected chi connectivity index (χ0v) is 12.8. The van der Waals surface area contributed by atoms with E-state index in [-0.39, 0.29) is 5.13 Å². The minimum absolute atomic E-state index is 0.166. The second-order valence-corrected chi connectivity index (χ2v) is 6.60. The third-order valence-electron chi connectivity index (χ3n) is 2.57. The maximum atomic E-state index is 12.3. The van der Waals surface area contributed by atoms with Crippen LogP contribution >= 0.6 is 11.3 Å². The predicted octanol–water partition coefficient (Wildman–Crippen LogP) is 2.20. The van der Waals surface area contributed by atoms with E-state index in [9.17, 15) is 18.5 Å². The molecule has 21 heavy (non-hydrogen) atoms. The van der Waals surface area contributed by atoms with Crippen LogP contribution in [-0.2, 0) is 10.0 Å². The van der Waals surface area contributed by atoms with E-state index in [4.69, 9.17) is 0 Å². The molecular formula is C11H12N4O4S2. The molecule has 0 amide bonds. The van der Waals surface area contributed by atoms with Crippen molar-refractivity contribution < 1.29 is 13.3 Å². The van der Waals surface area contributed by atoms with Crippen molar-refractivity contribution in [1.82, 2.24) is 4.98 Å². The Balaban J connectivity index is 2.46. The lowest BCUT2D eigenvalue weighted by molar-refractivity contribution is -0.387. The molecule has 0 aliphatic rings. The van der Waals surface area contributed by atoms with Crippen molar-refractivity contribution in [2.75, 3.05) is 17.1 Å². The third kappa shape index (κ3) is 3.28. The van der Waals surface area contributed by atoms with Gasteiger partial charge >= 0.3 is 0 Å². The summed E-state index contributed by atoms with van der Waals surface area (Å²) in [4.78, 5) is 13.9. The van der Waals surface area contributed by atoms with Crippen molar-refractivity contribution in [1.29, 1.82) is 0 Å². The Morgan fingerprint density at radius 3 is 2.62 bits per heavy atom. The van der Waals surface area contributed by atoms with E-state index in [0.717, 1.165) is 11.3 Å². The van der Waals surface area contributed by atoms with Gasteiger partial charge in [-0.25, -0.2) is 13.4 Å². The van der Waals surface area contributed by atoms with Crippen LogP contribution in [0.1, 0.15) is 5.69 Å². The van der Waals surface area contributed by atoms with E-state index < -0.39 is 25.5 Å². The van der Waals surface area contributed by atoms with Crippen molar-refractivity contribution in [3.63, 3.8) is 0 Å². The van der Waals surface area contributed by atoms with Crippen LogP contribution in [0, 0.1) is 17.0 Å². The number of aryl methyl sites for hydroxylation is 1. The summed E-state index contributed by atoms with van der Waals surface area (Å²) in [6, 6.07) is 3.81. The van der Waals surface area contributed by atoms with Gasteiger partial charge in [0.15, 0.2) is 10.0 Å². The zero-order chi connectivity index (χ0) is 15.6. The molecule has 2 aromatic rings. The lowest BCUT2D eigenvalue weighted by Gasteiger charge is -2.07. The monoisotopic (exact) mass is 328 g/mol. The van der Waals surface area contributed by atoms with Crippen LogP contribution in [0.4, 0.5) is 16.5 Å². The van der Waals surface area contributed by atoms with Gasteiger partial charge in [0.05, 0.1) is 10.6 Å². The molecule has 112 valence electrons. The molecule has 0 saturated carbocycles. The second-order valence-electron chi connectivity index (χ2n) is 4.09. The van der Waals surface area contributed by atoms with Crippen LogP contribution in [0.3, 0.4) is 0 Å². The molecule has 0 aliphatic heterocycles. The highest BCUT2D eigenvalue weighted by atomic mass is 32.2. The summed E-state index contributed by atoms with van der Waals surface area (Å²) in [6.07, 6.45) is 0. The van der Waals surface area contributed by atoms with E-state index in [2.05, 4.69) is 15.0 Å². The Bertz CT molecular complexity index is 785. The summed E-state index contributed by atoms with van der Waals surface area (Å²) < 4.78 is 26.8. The lowest BCUT2D eigenvalue weighted by atomic mass is 10.3. The number of anilines is 2. The van der Waals surface area contributed by atoms with Crippen LogP contribution in [0.5, 0.6) is 0 Å². The first-order valence-electron chi connectivity index (χ1n) is 5.74. The van der Waals surface area contributed by atoms with Crippen molar-refractivity contribution in [3.8, 4) is 0 Å². The fourth-order valence-electron chi connectivity index (χ4n) is 1.61. The number of hydrogen-bond acceptors (Lipinski definition) is 7. The fraction of sp³-hybridized carbons (Fsp3) is 0.182. The molecule has 10 heteroatoms. The molecule has 0 saturated heterocycles. The quantitative estimate of drug-likeness (QED) is 0.642. The number of nitrogens with one attached hydrogen (secondary N) is 2. The first-order chi connectivity index (χ1) is 9.83. The van der Waals surface area contributed by atoms with Crippen molar-refractivity contribution in [2.24, 2.45) is 0 Å². The summed E-state index contributed by atoms with van der Waals surface area (Å²) >= 11 is 1.11. The molecule has 2 N–H and O–H groups in total. The fourth-order valence-corrected chi connectivity index (χ4v) is 3.71. The number of aromatic nitrogens is 1. The standard InChI is InChI=1S/C11H12N4O4S2/c1-7-6-20-11(13-7)14-21(18,19)10-4-3-8(12-2)5-9(10)15(16)17/h3-6,12H,1-2H3,(H,13,14). The Kier molecular flexibility index (Phi) is 4.09. The van der Waals surface area contributed by atoms with Crippen LogP contribution in [-0.4, -0.2) is 25.4 Å². The van der Waals surface area contributed by atoms with Crippen LogP contribution in [0.15, 0.2) is 28.5 Å². The van der Waals surface area contributed by atoms with Gasteiger partial charge in [0.25, 0.3) is 15.7 Å². The van der Waals surface area contributed by atoms with E-state index in [0.29, 0.717) is 11.4 Å². The van der Waals surface area contributed by atoms with Crippen LogP contribution < -0.4 is 10.0 Å². The van der Waals surface area contributed by atoms with E-state index >= 15 is 0 Å². The Labute approximate surface area is 125 Å². The molecule has 1 aromatic heterocycles. The Hall–Kier alpha value is -2.20. The second kappa shape index (κ2) is 5.66. The predicted molar refractivity (Wildman–Crippen MR) is 80.3 cm³/mol. The average Bonchev–Trinajstić information content (AvgIpc) is 2.82. The summed E-state index contributed by atoms with van der Waals surface area (Å²) in [6.45, 7) is 1.72. The SMILES string of the molecule is CNc1ccc(S(=O)(=O)Nc2nc(C)cs2)c([N+](=O)[O-])c1. The number of rotatable bonds is 5. The number of thiazole rings is 1. The van der Waals surface area contributed by atoms with Crippen LogP contribution in [0.2, 0.25) is 0 Å². The molecule has 0 radical (unpaired) electrons. The number of benzene rings is 1. The minimum Gasteiger partial charge on any atom is -0.388 e. The number of nitro benzene ring substituents is 1. The molecule has 2 rings (SSSR count). The lowest BCUT2D eigenvalue weighted by Crippen LogP contribution is -2.14. The molecule has 1 aromatic carbocycles. The first kappa shape index (κ1) is 15.2. The summed E-state index contributed by atoms with van der Waals surface area (Å²) in [5, 5.41) is 15.6. The average molecular weight is 328 g/mol.